The van der Waals surface area contributed by atoms with Crippen LogP contribution in [-0.2, 0) is 4.74 Å². The van der Waals surface area contributed by atoms with Gasteiger partial charge in [0.1, 0.15) is 0 Å². The molecule has 0 saturated carbocycles. The first-order chi connectivity index (χ1) is 4.86. The van der Waals surface area contributed by atoms with Gasteiger partial charge in [-0.05, 0) is 12.8 Å². The molecule has 1 aliphatic rings. The lowest BCUT2D eigenvalue weighted by Crippen LogP contribution is -2.20. The summed E-state index contributed by atoms with van der Waals surface area (Å²) in [5.74, 6) is 0. The topological polar surface area (TPSA) is 73.6 Å². The van der Waals surface area contributed by atoms with Crippen molar-refractivity contribution < 1.29 is 4.74 Å². The summed E-state index contributed by atoms with van der Waals surface area (Å²) in [6, 6.07) is 0. The van der Waals surface area contributed by atoms with Crippen molar-refractivity contribution in [2.24, 2.45) is 16.5 Å². The first-order valence-electron chi connectivity index (χ1n) is 3.45. The molecule has 10 heavy (non-hydrogen) atoms. The molecule has 0 aliphatic carbocycles. The molecule has 2 atom stereocenters. The Kier molecular flexibility index (Phi) is 2.65. The third-order valence-electron chi connectivity index (χ3n) is 1.60. The van der Waals surface area contributed by atoms with Gasteiger partial charge in [-0.25, -0.2) is 4.99 Å². The van der Waals surface area contributed by atoms with E-state index in [1.807, 2.05) is 0 Å². The molecule has 4 heteroatoms. The Hall–Kier alpha value is -0.610. The van der Waals surface area contributed by atoms with Gasteiger partial charge in [0.15, 0.2) is 6.23 Å². The molecule has 1 saturated heterocycles. The Bertz CT molecular complexity index is 126. The fraction of sp³-hybridized carbons (Fsp3) is 0.833. The van der Waals surface area contributed by atoms with Gasteiger partial charge in [0, 0.05) is 6.54 Å². The van der Waals surface area contributed by atoms with Gasteiger partial charge in [0.2, 0.25) is 0 Å². The number of hydrogen-bond donors (Lipinski definition) is 2. The molecule has 0 radical (unpaired) electrons. The van der Waals surface area contributed by atoms with E-state index in [-0.39, 0.29) is 12.3 Å². The zero-order chi connectivity index (χ0) is 7.40. The minimum Gasteiger partial charge on any atom is -0.390 e. The normalized spacial score (nSPS) is 33.7. The van der Waals surface area contributed by atoms with Crippen molar-refractivity contribution in [3.8, 4) is 0 Å². The van der Waals surface area contributed by atoms with Crippen LogP contribution in [0.4, 0.5) is 0 Å². The maximum Gasteiger partial charge on any atom is 0.150 e. The largest absolute Gasteiger partial charge is 0.390 e. The first kappa shape index (κ1) is 7.50. The smallest absolute Gasteiger partial charge is 0.150 e. The summed E-state index contributed by atoms with van der Waals surface area (Å²) >= 11 is 0. The van der Waals surface area contributed by atoms with E-state index in [1.165, 1.54) is 6.34 Å². The maximum absolute atomic E-state index is 5.38. The van der Waals surface area contributed by atoms with Crippen molar-refractivity contribution in [3.63, 3.8) is 0 Å². The van der Waals surface area contributed by atoms with Crippen LogP contribution in [0.15, 0.2) is 4.99 Å². The molecule has 1 rings (SSSR count). The van der Waals surface area contributed by atoms with Crippen LogP contribution in [0.25, 0.3) is 0 Å². The van der Waals surface area contributed by atoms with Crippen molar-refractivity contribution in [1.82, 2.24) is 0 Å². The van der Waals surface area contributed by atoms with Crippen molar-refractivity contribution in [2.75, 3.05) is 6.54 Å². The molecule has 58 valence electrons. The number of nitrogens with zero attached hydrogens (tertiary/aromatic N) is 1. The third kappa shape index (κ3) is 1.68. The fourth-order valence-corrected chi connectivity index (χ4v) is 1.07. The van der Waals surface area contributed by atoms with E-state index >= 15 is 0 Å². The van der Waals surface area contributed by atoms with E-state index in [1.54, 1.807) is 0 Å². The highest BCUT2D eigenvalue weighted by molar-refractivity contribution is 5.51. The van der Waals surface area contributed by atoms with Gasteiger partial charge in [-0.3, -0.25) is 0 Å². The van der Waals surface area contributed by atoms with E-state index < -0.39 is 0 Å². The number of nitrogens with two attached hydrogens (primary N) is 2. The molecule has 0 aromatic heterocycles. The molecule has 4 nitrogen and oxygen atoms in total. The molecule has 4 N–H and O–H groups in total. The van der Waals surface area contributed by atoms with Gasteiger partial charge >= 0.3 is 0 Å². The highest BCUT2D eigenvalue weighted by Gasteiger charge is 2.22. The van der Waals surface area contributed by atoms with E-state index in [4.69, 9.17) is 16.2 Å². The van der Waals surface area contributed by atoms with E-state index in [2.05, 4.69) is 4.99 Å². The van der Waals surface area contributed by atoms with Crippen molar-refractivity contribution in [3.05, 3.63) is 0 Å². The highest BCUT2D eigenvalue weighted by Crippen LogP contribution is 2.18. The van der Waals surface area contributed by atoms with Crippen LogP contribution >= 0.6 is 0 Å². The standard InChI is InChI=1S/C6H13N3O/c7-3-5-1-2-6(10-5)9-4-8/h4-6H,1-3,7H2,(H2,8,9). The Morgan fingerprint density at radius 1 is 1.60 bits per heavy atom. The van der Waals surface area contributed by atoms with E-state index in [9.17, 15) is 0 Å². The van der Waals surface area contributed by atoms with Crippen LogP contribution in [-0.4, -0.2) is 25.2 Å². The second-order valence-electron chi connectivity index (χ2n) is 2.32. The van der Waals surface area contributed by atoms with Crippen molar-refractivity contribution >= 4 is 6.34 Å². The fourth-order valence-electron chi connectivity index (χ4n) is 1.07. The van der Waals surface area contributed by atoms with Gasteiger partial charge in [0.05, 0.1) is 12.4 Å². The van der Waals surface area contributed by atoms with Crippen LogP contribution in [0.3, 0.4) is 0 Å². The van der Waals surface area contributed by atoms with E-state index in [0.717, 1.165) is 12.8 Å². The molecule has 1 heterocycles. The molecule has 0 aromatic rings. The lowest BCUT2D eigenvalue weighted by molar-refractivity contribution is 0.0560. The SMILES string of the molecule is N/C=N/C1CCC(CN)O1. The monoisotopic (exact) mass is 143 g/mol. The van der Waals surface area contributed by atoms with Gasteiger partial charge in [0.25, 0.3) is 0 Å². The number of hydrogen-bond acceptors (Lipinski definition) is 3. The number of ether oxygens (including phenoxy) is 1. The molecule has 0 spiro atoms. The van der Waals surface area contributed by atoms with Crippen molar-refractivity contribution in [2.45, 2.75) is 25.2 Å². The zero-order valence-corrected chi connectivity index (χ0v) is 5.86. The van der Waals surface area contributed by atoms with Gasteiger partial charge < -0.3 is 16.2 Å². The Morgan fingerprint density at radius 3 is 2.90 bits per heavy atom. The van der Waals surface area contributed by atoms with Gasteiger partial charge in [-0.2, -0.15) is 0 Å². The highest BCUT2D eigenvalue weighted by atomic mass is 16.5. The minimum atomic E-state index is -0.0430. The summed E-state index contributed by atoms with van der Waals surface area (Å²) in [5.41, 5.74) is 10.5. The summed E-state index contributed by atoms with van der Waals surface area (Å²) < 4.78 is 5.35. The first-order valence-corrected chi connectivity index (χ1v) is 3.45. The number of aliphatic imine (C=N–C) groups is 1. The summed E-state index contributed by atoms with van der Waals surface area (Å²) in [4.78, 5) is 3.90. The molecule has 2 unspecified atom stereocenters. The van der Waals surface area contributed by atoms with E-state index in [0.29, 0.717) is 6.54 Å². The van der Waals surface area contributed by atoms with Crippen LogP contribution in [0.1, 0.15) is 12.8 Å². The van der Waals surface area contributed by atoms with Gasteiger partial charge in [-0.15, -0.1) is 0 Å². The quantitative estimate of drug-likeness (QED) is 0.402. The molecule has 1 fully saturated rings. The average Bonchev–Trinajstić information content (AvgIpc) is 2.37. The van der Waals surface area contributed by atoms with Crippen LogP contribution in [0.2, 0.25) is 0 Å². The molecular weight excluding hydrogens is 130 g/mol. The Morgan fingerprint density at radius 2 is 2.40 bits per heavy atom. The van der Waals surface area contributed by atoms with Gasteiger partial charge in [-0.1, -0.05) is 0 Å². The molecule has 1 aliphatic heterocycles. The second-order valence-corrected chi connectivity index (χ2v) is 2.32. The molecular formula is C6H13N3O. The summed E-state index contributed by atoms with van der Waals surface area (Å²) in [7, 11) is 0. The Labute approximate surface area is 60.2 Å². The predicted octanol–water partition coefficient (Wildman–Crippen LogP) is -0.563. The third-order valence-corrected chi connectivity index (χ3v) is 1.60. The van der Waals surface area contributed by atoms with Crippen LogP contribution < -0.4 is 11.5 Å². The lowest BCUT2D eigenvalue weighted by Gasteiger charge is -2.06. The summed E-state index contributed by atoms with van der Waals surface area (Å²) in [6.07, 6.45) is 3.37. The molecule has 0 amide bonds. The van der Waals surface area contributed by atoms with Crippen LogP contribution in [0.5, 0.6) is 0 Å². The second kappa shape index (κ2) is 3.53. The summed E-state index contributed by atoms with van der Waals surface area (Å²) in [6.45, 7) is 0.580. The molecule has 0 bridgehead atoms. The molecule has 0 aromatic carbocycles. The van der Waals surface area contributed by atoms with Crippen LogP contribution in [0, 0.1) is 0 Å². The Balaban J connectivity index is 2.28. The van der Waals surface area contributed by atoms with Crippen molar-refractivity contribution in [1.29, 1.82) is 0 Å². The summed E-state index contributed by atoms with van der Waals surface area (Å²) in [5, 5.41) is 0. The maximum atomic E-state index is 5.38. The average molecular weight is 143 g/mol. The number of rotatable bonds is 2. The lowest BCUT2D eigenvalue weighted by atomic mass is 10.2. The predicted molar refractivity (Wildman–Crippen MR) is 39.6 cm³/mol. The zero-order valence-electron chi connectivity index (χ0n) is 5.86. The minimum absolute atomic E-state index is 0.0430.